The number of aliphatic hydroxyl groups is 6. The molecule has 0 aromatic carbocycles. The molecule has 2 saturated heterocycles. The Kier molecular flexibility index (Phi) is 5.32. The van der Waals surface area contributed by atoms with Crippen molar-refractivity contribution in [3.8, 4) is 0 Å². The predicted molar refractivity (Wildman–Crippen MR) is 64.5 cm³/mol. The van der Waals surface area contributed by atoms with Crippen LogP contribution in [0.15, 0.2) is 0 Å². The molecule has 8 atom stereocenters. The van der Waals surface area contributed by atoms with Crippen LogP contribution in [0.5, 0.6) is 0 Å². The van der Waals surface area contributed by atoms with E-state index in [1.165, 1.54) is 0 Å². The van der Waals surface area contributed by atoms with Crippen LogP contribution in [-0.4, -0.2) is 86.8 Å². The number of hydrogen-bond acceptors (Lipinski definition) is 8. The minimum absolute atomic E-state index is 0.0243. The third-order valence-electron chi connectivity index (χ3n) is 4.04. The third kappa shape index (κ3) is 3.12. The molecule has 2 fully saturated rings. The number of hydrogen-bond donors (Lipinski definition) is 6. The van der Waals surface area contributed by atoms with Crippen LogP contribution in [0.25, 0.3) is 0 Å². The monoisotopic (exact) mass is 294 g/mol. The van der Waals surface area contributed by atoms with Gasteiger partial charge in [0.1, 0.15) is 12.2 Å². The fourth-order valence-electron chi connectivity index (χ4n) is 3.00. The zero-order valence-corrected chi connectivity index (χ0v) is 10.9. The predicted octanol–water partition coefficient (Wildman–Crippen LogP) is -3.07. The first-order valence-corrected chi connectivity index (χ1v) is 6.72. The zero-order chi connectivity index (χ0) is 14.9. The lowest BCUT2D eigenvalue weighted by Gasteiger charge is -2.45. The van der Waals surface area contributed by atoms with Crippen LogP contribution in [0, 0.1) is 5.92 Å². The Bertz CT molecular complexity index is 314. The second-order valence-corrected chi connectivity index (χ2v) is 5.38. The Morgan fingerprint density at radius 3 is 2.05 bits per heavy atom. The van der Waals surface area contributed by atoms with Crippen LogP contribution in [-0.2, 0) is 9.47 Å². The molecule has 2 unspecified atom stereocenters. The maximum Gasteiger partial charge on any atom is 0.157 e. The maximum absolute atomic E-state index is 10.1. The van der Waals surface area contributed by atoms with E-state index in [1.807, 2.05) is 0 Å². The Morgan fingerprint density at radius 1 is 0.800 bits per heavy atom. The lowest BCUT2D eigenvalue weighted by Crippen LogP contribution is -2.58. The number of ether oxygens (including phenoxy) is 2. The molecule has 8 nitrogen and oxygen atoms in total. The molecule has 0 saturated carbocycles. The normalized spacial score (nSPS) is 50.1. The van der Waals surface area contributed by atoms with Crippen molar-refractivity contribution in [2.45, 2.75) is 55.8 Å². The molecule has 0 aromatic rings. The Hall–Kier alpha value is -0.320. The van der Waals surface area contributed by atoms with E-state index < -0.39 is 62.0 Å². The minimum atomic E-state index is -1.20. The molecular weight excluding hydrogens is 272 g/mol. The van der Waals surface area contributed by atoms with Gasteiger partial charge in [-0.25, -0.2) is 0 Å². The zero-order valence-electron chi connectivity index (χ0n) is 10.9. The van der Waals surface area contributed by atoms with E-state index in [2.05, 4.69) is 0 Å². The summed E-state index contributed by atoms with van der Waals surface area (Å²) in [5.74, 6) is -0.653. The van der Waals surface area contributed by atoms with Gasteiger partial charge in [0.2, 0.25) is 0 Å². The molecule has 8 heteroatoms. The van der Waals surface area contributed by atoms with Gasteiger partial charge in [-0.1, -0.05) is 0 Å². The molecule has 2 aliphatic rings. The molecule has 0 radical (unpaired) electrons. The molecule has 0 spiro atoms. The van der Waals surface area contributed by atoms with Crippen molar-refractivity contribution in [1.82, 2.24) is 0 Å². The van der Waals surface area contributed by atoms with Gasteiger partial charge in [-0.15, -0.1) is 0 Å². The van der Waals surface area contributed by atoms with Crippen LogP contribution in [0.2, 0.25) is 0 Å². The van der Waals surface area contributed by atoms with Gasteiger partial charge < -0.3 is 40.1 Å². The quantitative estimate of drug-likeness (QED) is 0.322. The summed E-state index contributed by atoms with van der Waals surface area (Å²) in [5.41, 5.74) is 0. The van der Waals surface area contributed by atoms with E-state index in [1.54, 1.807) is 0 Å². The van der Waals surface area contributed by atoms with Gasteiger partial charge in [-0.3, -0.25) is 0 Å². The summed E-state index contributed by atoms with van der Waals surface area (Å²) in [6.07, 6.45) is -6.87. The second-order valence-electron chi connectivity index (χ2n) is 5.38. The van der Waals surface area contributed by atoms with E-state index in [9.17, 15) is 25.5 Å². The molecule has 0 aromatic heterocycles. The number of rotatable bonds is 3. The Balaban J connectivity index is 2.12. The molecule has 118 valence electrons. The summed E-state index contributed by atoms with van der Waals surface area (Å²) >= 11 is 0. The van der Waals surface area contributed by atoms with Crippen LogP contribution in [0.3, 0.4) is 0 Å². The molecular formula is C12H22O8. The second kappa shape index (κ2) is 6.63. The van der Waals surface area contributed by atoms with Gasteiger partial charge in [0.15, 0.2) is 6.29 Å². The molecule has 20 heavy (non-hydrogen) atoms. The lowest BCUT2D eigenvalue weighted by atomic mass is 9.81. The average molecular weight is 294 g/mol. The van der Waals surface area contributed by atoms with Crippen molar-refractivity contribution < 1.29 is 40.1 Å². The fraction of sp³-hybridized carbons (Fsp3) is 1.00. The Labute approximate surface area is 116 Å². The van der Waals surface area contributed by atoms with Gasteiger partial charge in [-0.2, -0.15) is 0 Å². The van der Waals surface area contributed by atoms with Crippen molar-refractivity contribution >= 4 is 0 Å². The van der Waals surface area contributed by atoms with Crippen molar-refractivity contribution in [1.29, 1.82) is 0 Å². The smallest absolute Gasteiger partial charge is 0.157 e. The van der Waals surface area contributed by atoms with E-state index in [4.69, 9.17) is 14.6 Å². The first-order valence-electron chi connectivity index (χ1n) is 6.72. The van der Waals surface area contributed by atoms with Crippen molar-refractivity contribution in [3.05, 3.63) is 0 Å². The first-order chi connectivity index (χ1) is 9.47. The largest absolute Gasteiger partial charge is 0.394 e. The van der Waals surface area contributed by atoms with Gasteiger partial charge >= 0.3 is 0 Å². The molecule has 0 bridgehead atoms. The van der Waals surface area contributed by atoms with Crippen molar-refractivity contribution in [2.24, 2.45) is 5.92 Å². The van der Waals surface area contributed by atoms with Gasteiger partial charge in [0.05, 0.1) is 37.6 Å². The van der Waals surface area contributed by atoms with Gasteiger partial charge in [0.25, 0.3) is 0 Å². The highest BCUT2D eigenvalue weighted by molar-refractivity contribution is 4.94. The highest BCUT2D eigenvalue weighted by Crippen LogP contribution is 2.34. The van der Waals surface area contributed by atoms with Crippen LogP contribution >= 0.6 is 0 Å². The lowest BCUT2D eigenvalue weighted by molar-refractivity contribution is -0.266. The van der Waals surface area contributed by atoms with Crippen molar-refractivity contribution in [3.63, 3.8) is 0 Å². The summed E-state index contributed by atoms with van der Waals surface area (Å²) in [5, 5.41) is 57.4. The van der Waals surface area contributed by atoms with E-state index in [-0.39, 0.29) is 12.8 Å². The maximum atomic E-state index is 10.1. The molecule has 2 heterocycles. The summed E-state index contributed by atoms with van der Waals surface area (Å²) in [6, 6.07) is 0. The average Bonchev–Trinajstić information content (AvgIpc) is 2.41. The fourth-order valence-corrected chi connectivity index (χ4v) is 3.00. The SMILES string of the molecule is OCC1O[C@H](O)C[C@@H](O)[C@@H]1C1C[C@@H](O)[C@H](O)[C@@H](CO)O1. The van der Waals surface area contributed by atoms with Gasteiger partial charge in [-0.05, 0) is 0 Å². The highest BCUT2D eigenvalue weighted by Gasteiger charge is 2.47. The highest BCUT2D eigenvalue weighted by atomic mass is 16.6. The first kappa shape index (κ1) is 16.1. The molecule has 2 rings (SSSR count). The standard InChI is InChI=1S/C12H22O8/c13-3-8-11(5(15)2-10(17)20-8)7-1-6(16)12(18)9(4-14)19-7/h5-18H,1-4H2/t5-,6-,7?,8?,9-,10+,11-,12+/m1/s1. The van der Waals surface area contributed by atoms with E-state index >= 15 is 0 Å². The van der Waals surface area contributed by atoms with Crippen LogP contribution in [0.4, 0.5) is 0 Å². The third-order valence-corrected chi connectivity index (χ3v) is 4.04. The van der Waals surface area contributed by atoms with E-state index in [0.29, 0.717) is 0 Å². The summed E-state index contributed by atoms with van der Waals surface area (Å²) in [4.78, 5) is 0. The summed E-state index contributed by atoms with van der Waals surface area (Å²) < 4.78 is 10.7. The van der Waals surface area contributed by atoms with E-state index in [0.717, 1.165) is 0 Å². The summed E-state index contributed by atoms with van der Waals surface area (Å²) in [6.45, 7) is -0.883. The molecule has 0 aliphatic carbocycles. The molecule has 2 aliphatic heterocycles. The minimum Gasteiger partial charge on any atom is -0.394 e. The molecule has 0 amide bonds. The molecule has 6 N–H and O–H groups in total. The Morgan fingerprint density at radius 2 is 1.45 bits per heavy atom. The number of aliphatic hydroxyl groups excluding tert-OH is 6. The van der Waals surface area contributed by atoms with Crippen LogP contribution in [0.1, 0.15) is 12.8 Å². The topological polar surface area (TPSA) is 140 Å². The van der Waals surface area contributed by atoms with Crippen molar-refractivity contribution in [2.75, 3.05) is 13.2 Å². The summed E-state index contributed by atoms with van der Waals surface area (Å²) in [7, 11) is 0. The van der Waals surface area contributed by atoms with Crippen LogP contribution < -0.4 is 0 Å². The van der Waals surface area contributed by atoms with Gasteiger partial charge in [0, 0.05) is 18.8 Å².